The molecular weight excluding hydrogens is 262 g/mol. The van der Waals surface area contributed by atoms with Gasteiger partial charge in [0.1, 0.15) is 0 Å². The van der Waals surface area contributed by atoms with Crippen LogP contribution in [0.2, 0.25) is 0 Å². The lowest BCUT2D eigenvalue weighted by atomic mass is 9.86. The number of likely N-dealkylation sites (tertiary alicyclic amines) is 1. The van der Waals surface area contributed by atoms with Gasteiger partial charge in [-0.1, -0.05) is 32.1 Å². The third-order valence-corrected chi connectivity index (χ3v) is 6.19. The van der Waals surface area contributed by atoms with Gasteiger partial charge in [-0.2, -0.15) is 0 Å². The molecule has 1 heterocycles. The van der Waals surface area contributed by atoms with E-state index in [2.05, 4.69) is 0 Å². The summed E-state index contributed by atoms with van der Waals surface area (Å²) in [6.45, 7) is 1.02. The number of carbonyl (C=O) groups is 1. The Morgan fingerprint density at radius 3 is 2.42 bits per heavy atom. The van der Waals surface area contributed by atoms with Gasteiger partial charge in [0.25, 0.3) is 0 Å². The van der Waals surface area contributed by atoms with Gasteiger partial charge in [-0.25, -0.2) is 8.42 Å². The second kappa shape index (κ2) is 6.25. The minimum absolute atomic E-state index is 0.150. The normalized spacial score (nSPS) is 25.7. The maximum Gasteiger partial charge on any atom is 0.222 e. The molecule has 19 heavy (non-hydrogen) atoms. The van der Waals surface area contributed by atoms with Gasteiger partial charge in [-0.15, -0.1) is 0 Å². The number of rotatable bonds is 4. The van der Waals surface area contributed by atoms with Crippen molar-refractivity contribution >= 4 is 15.7 Å². The standard InChI is InChI=1S/C14H25NO3S/c1-19(17,18)13-9-10-15(11-13)14(16)8-7-12-5-3-2-4-6-12/h12-13H,2-11H2,1H3/t13-/m0/s1. The molecule has 1 saturated carbocycles. The van der Waals surface area contributed by atoms with Crippen LogP contribution >= 0.6 is 0 Å². The fourth-order valence-electron chi connectivity index (χ4n) is 3.27. The van der Waals surface area contributed by atoms with E-state index in [1.165, 1.54) is 38.4 Å². The average Bonchev–Trinajstić information content (AvgIpc) is 2.87. The van der Waals surface area contributed by atoms with Crippen molar-refractivity contribution in [3.63, 3.8) is 0 Å². The molecule has 0 N–H and O–H groups in total. The smallest absolute Gasteiger partial charge is 0.222 e. The van der Waals surface area contributed by atoms with E-state index in [1.807, 2.05) is 0 Å². The molecule has 0 aromatic heterocycles. The molecule has 0 aromatic rings. The fourth-order valence-corrected chi connectivity index (χ4v) is 4.25. The highest BCUT2D eigenvalue weighted by atomic mass is 32.2. The highest BCUT2D eigenvalue weighted by molar-refractivity contribution is 7.91. The van der Waals surface area contributed by atoms with E-state index in [9.17, 15) is 13.2 Å². The van der Waals surface area contributed by atoms with E-state index < -0.39 is 9.84 Å². The summed E-state index contributed by atoms with van der Waals surface area (Å²) >= 11 is 0. The molecule has 2 aliphatic rings. The number of nitrogens with zero attached hydrogens (tertiary/aromatic N) is 1. The molecule has 110 valence electrons. The van der Waals surface area contributed by atoms with Gasteiger partial charge in [0.15, 0.2) is 9.84 Å². The van der Waals surface area contributed by atoms with E-state index in [0.29, 0.717) is 31.8 Å². The van der Waals surface area contributed by atoms with Crippen molar-refractivity contribution in [1.82, 2.24) is 4.90 Å². The third-order valence-electron chi connectivity index (χ3n) is 4.59. The van der Waals surface area contributed by atoms with Crippen LogP contribution in [0.15, 0.2) is 0 Å². The summed E-state index contributed by atoms with van der Waals surface area (Å²) in [6.07, 6.45) is 9.93. The van der Waals surface area contributed by atoms with Gasteiger partial charge in [0.05, 0.1) is 5.25 Å². The third kappa shape index (κ3) is 4.20. The molecule has 0 aromatic carbocycles. The topological polar surface area (TPSA) is 54.5 Å². The number of hydrogen-bond donors (Lipinski definition) is 0. The van der Waals surface area contributed by atoms with Gasteiger partial charge < -0.3 is 4.90 Å². The van der Waals surface area contributed by atoms with Crippen LogP contribution in [0.4, 0.5) is 0 Å². The Morgan fingerprint density at radius 1 is 1.16 bits per heavy atom. The quantitative estimate of drug-likeness (QED) is 0.794. The highest BCUT2D eigenvalue weighted by Gasteiger charge is 2.32. The predicted molar refractivity (Wildman–Crippen MR) is 75.6 cm³/mol. The van der Waals surface area contributed by atoms with Crippen molar-refractivity contribution < 1.29 is 13.2 Å². The summed E-state index contributed by atoms with van der Waals surface area (Å²) in [4.78, 5) is 13.8. The van der Waals surface area contributed by atoms with Crippen LogP contribution in [0.5, 0.6) is 0 Å². The molecule has 0 radical (unpaired) electrons. The van der Waals surface area contributed by atoms with Crippen LogP contribution in [-0.4, -0.2) is 43.8 Å². The summed E-state index contributed by atoms with van der Waals surface area (Å²) < 4.78 is 22.9. The first kappa shape index (κ1) is 14.8. The predicted octanol–water partition coefficient (Wildman–Crippen LogP) is 1.99. The van der Waals surface area contributed by atoms with Crippen LogP contribution in [0.1, 0.15) is 51.4 Å². The van der Waals surface area contributed by atoms with Crippen LogP contribution in [0, 0.1) is 5.92 Å². The van der Waals surface area contributed by atoms with Crippen molar-refractivity contribution in [3.05, 3.63) is 0 Å². The zero-order chi connectivity index (χ0) is 13.9. The lowest BCUT2D eigenvalue weighted by Crippen LogP contribution is -2.31. The largest absolute Gasteiger partial charge is 0.341 e. The summed E-state index contributed by atoms with van der Waals surface area (Å²) in [5.41, 5.74) is 0. The van der Waals surface area contributed by atoms with Gasteiger partial charge in [-0.3, -0.25) is 4.79 Å². The maximum absolute atomic E-state index is 12.1. The Labute approximate surface area is 116 Å². The molecule has 1 aliphatic carbocycles. The first-order valence-electron chi connectivity index (χ1n) is 7.43. The van der Waals surface area contributed by atoms with E-state index >= 15 is 0 Å². The Bertz CT molecular complexity index is 412. The maximum atomic E-state index is 12.1. The molecular formula is C14H25NO3S. The Hall–Kier alpha value is -0.580. The Morgan fingerprint density at radius 2 is 1.84 bits per heavy atom. The second-order valence-corrected chi connectivity index (χ2v) is 8.45. The van der Waals surface area contributed by atoms with Crippen molar-refractivity contribution in [3.8, 4) is 0 Å². The first-order valence-corrected chi connectivity index (χ1v) is 9.39. The van der Waals surface area contributed by atoms with Gasteiger partial charge in [-0.05, 0) is 18.8 Å². The number of hydrogen-bond acceptors (Lipinski definition) is 3. The molecule has 0 unspecified atom stereocenters. The summed E-state index contributed by atoms with van der Waals surface area (Å²) in [7, 11) is -3.00. The fraction of sp³-hybridized carbons (Fsp3) is 0.929. The van der Waals surface area contributed by atoms with Crippen molar-refractivity contribution in [1.29, 1.82) is 0 Å². The van der Waals surface area contributed by atoms with Crippen molar-refractivity contribution in [2.75, 3.05) is 19.3 Å². The summed E-state index contributed by atoms with van der Waals surface area (Å²) in [6, 6.07) is 0. The minimum Gasteiger partial charge on any atom is -0.341 e. The number of sulfone groups is 1. The van der Waals surface area contributed by atoms with E-state index in [1.54, 1.807) is 4.90 Å². The lowest BCUT2D eigenvalue weighted by molar-refractivity contribution is -0.130. The zero-order valence-electron chi connectivity index (χ0n) is 11.8. The molecule has 5 heteroatoms. The van der Waals surface area contributed by atoms with Crippen LogP contribution in [0.3, 0.4) is 0 Å². The number of amides is 1. The zero-order valence-corrected chi connectivity index (χ0v) is 12.6. The molecule has 2 fully saturated rings. The average molecular weight is 287 g/mol. The highest BCUT2D eigenvalue weighted by Crippen LogP contribution is 2.28. The summed E-state index contributed by atoms with van der Waals surface area (Å²) in [5, 5.41) is -0.342. The lowest BCUT2D eigenvalue weighted by Gasteiger charge is -2.22. The van der Waals surface area contributed by atoms with Crippen LogP contribution < -0.4 is 0 Å². The van der Waals surface area contributed by atoms with Crippen molar-refractivity contribution in [2.24, 2.45) is 5.92 Å². The summed E-state index contributed by atoms with van der Waals surface area (Å²) in [5.74, 6) is 0.864. The molecule has 0 spiro atoms. The second-order valence-electron chi connectivity index (χ2n) is 6.12. The van der Waals surface area contributed by atoms with Crippen molar-refractivity contribution in [2.45, 2.75) is 56.6 Å². The van der Waals surface area contributed by atoms with Gasteiger partial charge in [0, 0.05) is 25.8 Å². The molecule has 0 bridgehead atoms. The molecule has 4 nitrogen and oxygen atoms in total. The Balaban J connectivity index is 1.75. The molecule has 1 atom stereocenters. The van der Waals surface area contributed by atoms with Crippen LogP contribution in [-0.2, 0) is 14.6 Å². The van der Waals surface area contributed by atoms with E-state index in [4.69, 9.17) is 0 Å². The van der Waals surface area contributed by atoms with Crippen LogP contribution in [0.25, 0.3) is 0 Å². The monoisotopic (exact) mass is 287 g/mol. The first-order chi connectivity index (χ1) is 8.97. The molecule has 1 aliphatic heterocycles. The van der Waals surface area contributed by atoms with E-state index in [-0.39, 0.29) is 11.2 Å². The number of carbonyl (C=O) groups excluding carboxylic acids is 1. The Kier molecular flexibility index (Phi) is 4.87. The van der Waals surface area contributed by atoms with Gasteiger partial charge >= 0.3 is 0 Å². The minimum atomic E-state index is -3.00. The van der Waals surface area contributed by atoms with Gasteiger partial charge in [0.2, 0.25) is 5.91 Å². The van der Waals surface area contributed by atoms with E-state index in [0.717, 1.165) is 6.42 Å². The molecule has 1 amide bonds. The SMILES string of the molecule is CS(=O)(=O)[C@H]1CCN(C(=O)CCC2CCCCC2)C1. The molecule has 2 rings (SSSR count). The molecule has 1 saturated heterocycles.